The molecule has 5 nitrogen and oxygen atoms in total. The number of likely N-dealkylation sites (tertiary alicyclic amines) is 1. The molecule has 1 saturated carbocycles. The second kappa shape index (κ2) is 8.05. The van der Waals surface area contributed by atoms with E-state index in [0.29, 0.717) is 11.5 Å². The quantitative estimate of drug-likeness (QED) is 0.614. The van der Waals surface area contributed by atoms with E-state index in [-0.39, 0.29) is 0 Å². The molecule has 138 valence electrons. The molecular formula is C19H37N5. The summed E-state index contributed by atoms with van der Waals surface area (Å²) in [5, 5.41) is 3.53. The van der Waals surface area contributed by atoms with Crippen molar-refractivity contribution in [1.82, 2.24) is 20.0 Å². The zero-order valence-electron chi connectivity index (χ0n) is 16.1. The summed E-state index contributed by atoms with van der Waals surface area (Å²) in [5.74, 6) is 1.15. The summed E-state index contributed by atoms with van der Waals surface area (Å²) in [6.45, 7) is 17.0. The lowest BCUT2D eigenvalue weighted by atomic mass is 9.68. The number of likely N-dealkylation sites (N-methyl/N-ethyl adjacent to an activating group) is 1. The average molecular weight is 336 g/mol. The van der Waals surface area contributed by atoms with E-state index in [1.54, 1.807) is 0 Å². The summed E-state index contributed by atoms with van der Waals surface area (Å²) < 4.78 is 0. The van der Waals surface area contributed by atoms with Crippen molar-refractivity contribution in [3.63, 3.8) is 0 Å². The van der Waals surface area contributed by atoms with Crippen LogP contribution in [0.5, 0.6) is 0 Å². The van der Waals surface area contributed by atoms with Crippen molar-refractivity contribution in [3.8, 4) is 0 Å². The zero-order valence-corrected chi connectivity index (χ0v) is 16.1. The fraction of sp³-hybridized carbons (Fsp3) is 0.947. The molecule has 1 N–H and O–H groups in total. The van der Waals surface area contributed by atoms with Crippen LogP contribution >= 0.6 is 0 Å². The molecule has 5 heteroatoms. The van der Waals surface area contributed by atoms with E-state index in [4.69, 9.17) is 4.99 Å². The largest absolute Gasteiger partial charge is 0.357 e. The van der Waals surface area contributed by atoms with Crippen LogP contribution in [-0.4, -0.2) is 85.6 Å². The minimum Gasteiger partial charge on any atom is -0.357 e. The van der Waals surface area contributed by atoms with Crippen LogP contribution in [0.3, 0.4) is 0 Å². The molecule has 2 aliphatic heterocycles. The molecule has 1 aliphatic carbocycles. The van der Waals surface area contributed by atoms with Gasteiger partial charge in [0, 0.05) is 51.9 Å². The summed E-state index contributed by atoms with van der Waals surface area (Å²) in [6, 6.07) is 0.540. The van der Waals surface area contributed by atoms with Crippen LogP contribution in [0.15, 0.2) is 4.99 Å². The highest BCUT2D eigenvalue weighted by Crippen LogP contribution is 2.47. The Balaban J connectivity index is 1.52. The van der Waals surface area contributed by atoms with Crippen LogP contribution in [0, 0.1) is 5.41 Å². The number of guanidine groups is 1. The van der Waals surface area contributed by atoms with Gasteiger partial charge in [0.1, 0.15) is 0 Å². The van der Waals surface area contributed by atoms with Gasteiger partial charge in [0.2, 0.25) is 0 Å². The second-order valence-corrected chi connectivity index (χ2v) is 8.04. The van der Waals surface area contributed by atoms with Gasteiger partial charge in [0.25, 0.3) is 0 Å². The molecule has 1 atom stereocenters. The smallest absolute Gasteiger partial charge is 0.193 e. The minimum atomic E-state index is 0.540. The molecule has 3 rings (SSSR count). The molecule has 3 fully saturated rings. The Kier molecular flexibility index (Phi) is 6.03. The number of hydrogen-bond donors (Lipinski definition) is 1. The van der Waals surface area contributed by atoms with Crippen LogP contribution in [0.2, 0.25) is 0 Å². The van der Waals surface area contributed by atoms with Crippen molar-refractivity contribution in [2.24, 2.45) is 10.4 Å². The highest BCUT2D eigenvalue weighted by atomic mass is 15.3. The maximum atomic E-state index is 5.01. The standard InChI is InChI=1S/C19H37N5/c1-4-20-18(24-10-9-19(16-24)7-6-8-19)21-15-17(3)23-13-11-22(5-2)12-14-23/h17H,4-16H2,1-3H3,(H,20,21). The minimum absolute atomic E-state index is 0.540. The number of nitrogens with one attached hydrogen (secondary N) is 1. The Hall–Kier alpha value is -0.810. The van der Waals surface area contributed by atoms with Gasteiger partial charge in [-0.15, -0.1) is 0 Å². The first-order chi connectivity index (χ1) is 11.7. The summed E-state index contributed by atoms with van der Waals surface area (Å²) >= 11 is 0. The number of aliphatic imine (C=N–C) groups is 1. The Morgan fingerprint density at radius 2 is 1.83 bits per heavy atom. The van der Waals surface area contributed by atoms with Crippen molar-refractivity contribution >= 4 is 5.96 Å². The monoisotopic (exact) mass is 335 g/mol. The maximum Gasteiger partial charge on any atom is 0.193 e. The molecular weight excluding hydrogens is 298 g/mol. The molecule has 2 saturated heterocycles. The lowest BCUT2D eigenvalue weighted by molar-refractivity contribution is 0.109. The van der Waals surface area contributed by atoms with Crippen LogP contribution in [0.25, 0.3) is 0 Å². The van der Waals surface area contributed by atoms with E-state index in [1.165, 1.54) is 71.5 Å². The molecule has 1 unspecified atom stereocenters. The lowest BCUT2D eigenvalue weighted by Gasteiger charge is -2.38. The number of rotatable bonds is 5. The Bertz CT molecular complexity index is 423. The Morgan fingerprint density at radius 1 is 1.08 bits per heavy atom. The highest BCUT2D eigenvalue weighted by Gasteiger charge is 2.43. The van der Waals surface area contributed by atoms with Gasteiger partial charge in [-0.25, -0.2) is 0 Å². The summed E-state index contributed by atoms with van der Waals surface area (Å²) in [6.07, 6.45) is 5.66. The van der Waals surface area contributed by atoms with Crippen molar-refractivity contribution in [2.75, 3.05) is 58.9 Å². The zero-order chi connectivity index (χ0) is 17.0. The van der Waals surface area contributed by atoms with E-state index in [0.717, 1.165) is 19.0 Å². The van der Waals surface area contributed by atoms with E-state index in [2.05, 4.69) is 40.8 Å². The first-order valence-corrected chi connectivity index (χ1v) is 10.2. The van der Waals surface area contributed by atoms with Gasteiger partial charge in [-0.1, -0.05) is 13.3 Å². The van der Waals surface area contributed by atoms with Gasteiger partial charge in [0.05, 0.1) is 6.54 Å². The first kappa shape index (κ1) is 18.0. The normalized spacial score (nSPS) is 26.6. The van der Waals surface area contributed by atoms with E-state index >= 15 is 0 Å². The Labute approximate surface area is 148 Å². The third-order valence-electron chi connectivity index (χ3n) is 6.47. The van der Waals surface area contributed by atoms with Gasteiger partial charge in [-0.05, 0) is 45.1 Å². The van der Waals surface area contributed by atoms with Crippen LogP contribution in [-0.2, 0) is 0 Å². The fourth-order valence-electron chi connectivity index (χ4n) is 4.48. The van der Waals surface area contributed by atoms with E-state index in [1.807, 2.05) is 0 Å². The number of piperazine rings is 1. The summed E-state index contributed by atoms with van der Waals surface area (Å²) in [4.78, 5) is 12.7. The predicted octanol–water partition coefficient (Wildman–Crippen LogP) is 1.85. The topological polar surface area (TPSA) is 34.1 Å². The van der Waals surface area contributed by atoms with Crippen molar-refractivity contribution < 1.29 is 0 Å². The SMILES string of the molecule is CCNC(=NCC(C)N1CCN(CC)CC1)N1CCC2(CCC2)C1. The van der Waals surface area contributed by atoms with Gasteiger partial charge in [-0.3, -0.25) is 9.89 Å². The highest BCUT2D eigenvalue weighted by molar-refractivity contribution is 5.80. The average Bonchev–Trinajstić information content (AvgIpc) is 3.04. The molecule has 3 aliphatic rings. The van der Waals surface area contributed by atoms with Gasteiger partial charge >= 0.3 is 0 Å². The molecule has 0 amide bonds. The van der Waals surface area contributed by atoms with Crippen molar-refractivity contribution in [2.45, 2.75) is 52.5 Å². The molecule has 0 aromatic carbocycles. The summed E-state index contributed by atoms with van der Waals surface area (Å²) in [5.41, 5.74) is 0.637. The number of nitrogens with zero attached hydrogens (tertiary/aromatic N) is 4. The molecule has 0 bridgehead atoms. The van der Waals surface area contributed by atoms with E-state index < -0.39 is 0 Å². The first-order valence-electron chi connectivity index (χ1n) is 10.2. The van der Waals surface area contributed by atoms with Crippen LogP contribution in [0.4, 0.5) is 0 Å². The van der Waals surface area contributed by atoms with Gasteiger partial charge < -0.3 is 15.1 Å². The van der Waals surface area contributed by atoms with Gasteiger partial charge in [-0.2, -0.15) is 0 Å². The molecule has 24 heavy (non-hydrogen) atoms. The van der Waals surface area contributed by atoms with E-state index in [9.17, 15) is 0 Å². The third-order valence-corrected chi connectivity index (χ3v) is 6.47. The lowest BCUT2D eigenvalue weighted by Crippen LogP contribution is -2.50. The van der Waals surface area contributed by atoms with Crippen LogP contribution < -0.4 is 5.32 Å². The van der Waals surface area contributed by atoms with Crippen molar-refractivity contribution in [1.29, 1.82) is 0 Å². The van der Waals surface area contributed by atoms with Gasteiger partial charge in [0.15, 0.2) is 5.96 Å². The molecule has 0 aromatic rings. The molecule has 0 aromatic heterocycles. The number of hydrogen-bond acceptors (Lipinski definition) is 3. The molecule has 2 heterocycles. The third kappa shape index (κ3) is 4.05. The molecule has 1 spiro atoms. The molecule has 0 radical (unpaired) electrons. The van der Waals surface area contributed by atoms with Crippen molar-refractivity contribution in [3.05, 3.63) is 0 Å². The maximum absolute atomic E-state index is 5.01. The predicted molar refractivity (Wildman–Crippen MR) is 102 cm³/mol. The Morgan fingerprint density at radius 3 is 2.38 bits per heavy atom. The summed E-state index contributed by atoms with van der Waals surface area (Å²) in [7, 11) is 0. The fourth-order valence-corrected chi connectivity index (χ4v) is 4.48. The van der Waals surface area contributed by atoms with Crippen LogP contribution in [0.1, 0.15) is 46.5 Å². The second-order valence-electron chi connectivity index (χ2n) is 8.04.